The molecule has 5 rings (SSSR count). The predicted molar refractivity (Wildman–Crippen MR) is 135 cm³/mol. The molecule has 3 fully saturated rings. The number of carbonyl (C=O) groups excluding carboxylic acids is 1. The highest BCUT2D eigenvalue weighted by molar-refractivity contribution is 6.41. The SMILES string of the molecule is CCCCN1N=C(C(=O)CN[C@H]2C[C@H]3CCC2(C)CC3(C)C)C[C@H]1C1=CC(OC)=NCC=C1. The van der Waals surface area contributed by atoms with Crippen LogP contribution in [0.4, 0.5) is 0 Å². The van der Waals surface area contributed by atoms with E-state index in [9.17, 15) is 4.79 Å². The summed E-state index contributed by atoms with van der Waals surface area (Å²) in [6.07, 6.45) is 14.0. The Morgan fingerprint density at radius 3 is 2.85 bits per heavy atom. The number of hydrogen-bond acceptors (Lipinski definition) is 6. The fraction of sp³-hybridized carbons (Fsp3) is 0.741. The second-order valence-electron chi connectivity index (χ2n) is 11.4. The zero-order valence-electron chi connectivity index (χ0n) is 21.2. The van der Waals surface area contributed by atoms with Crippen LogP contribution >= 0.6 is 0 Å². The molecule has 5 aliphatic rings. The van der Waals surface area contributed by atoms with Crippen molar-refractivity contribution in [2.24, 2.45) is 26.8 Å². The van der Waals surface area contributed by atoms with Crippen LogP contribution in [0, 0.1) is 16.7 Å². The smallest absolute Gasteiger partial charge is 0.208 e. The van der Waals surface area contributed by atoms with Crippen molar-refractivity contribution in [2.45, 2.75) is 84.7 Å². The Balaban J connectivity index is 1.42. The summed E-state index contributed by atoms with van der Waals surface area (Å²) in [4.78, 5) is 17.7. The maximum absolute atomic E-state index is 13.3. The lowest BCUT2D eigenvalue weighted by Crippen LogP contribution is -2.57. The second-order valence-corrected chi connectivity index (χ2v) is 11.4. The lowest BCUT2D eigenvalue weighted by Gasteiger charge is -2.58. The molecule has 0 spiro atoms. The molecule has 0 amide bonds. The van der Waals surface area contributed by atoms with E-state index in [2.05, 4.69) is 55.2 Å². The molecule has 0 aromatic rings. The normalized spacial score (nSPS) is 32.8. The number of ketones is 1. The van der Waals surface area contributed by atoms with E-state index in [0.29, 0.717) is 42.6 Å². The Bertz CT molecular complexity index is 871. The Morgan fingerprint density at radius 1 is 1.33 bits per heavy atom. The van der Waals surface area contributed by atoms with Gasteiger partial charge in [0.1, 0.15) is 5.71 Å². The summed E-state index contributed by atoms with van der Waals surface area (Å²) in [5, 5.41) is 10.6. The predicted octanol–water partition coefficient (Wildman–Crippen LogP) is 4.52. The molecule has 2 heterocycles. The average Bonchev–Trinajstić information content (AvgIpc) is 3.05. The van der Waals surface area contributed by atoms with Crippen molar-refractivity contribution in [1.82, 2.24) is 10.3 Å². The van der Waals surface area contributed by atoms with Crippen molar-refractivity contribution in [1.29, 1.82) is 0 Å². The van der Waals surface area contributed by atoms with Crippen molar-refractivity contribution in [2.75, 3.05) is 26.7 Å². The third kappa shape index (κ3) is 5.11. The summed E-state index contributed by atoms with van der Waals surface area (Å²) in [6, 6.07) is 0.490. The van der Waals surface area contributed by atoms with Gasteiger partial charge in [-0.1, -0.05) is 46.3 Å². The molecule has 6 heteroatoms. The van der Waals surface area contributed by atoms with Crippen LogP contribution in [0.3, 0.4) is 0 Å². The topological polar surface area (TPSA) is 66.3 Å². The molecule has 182 valence electrons. The highest BCUT2D eigenvalue weighted by Crippen LogP contribution is 2.58. The molecular weight excluding hydrogens is 412 g/mol. The Morgan fingerprint density at radius 2 is 2.15 bits per heavy atom. The van der Waals surface area contributed by atoms with Gasteiger partial charge in [-0.2, -0.15) is 5.10 Å². The minimum Gasteiger partial charge on any atom is -0.481 e. The number of carbonyl (C=O) groups is 1. The molecule has 33 heavy (non-hydrogen) atoms. The molecule has 3 saturated carbocycles. The van der Waals surface area contributed by atoms with Crippen LogP contribution < -0.4 is 5.32 Å². The first-order valence-electron chi connectivity index (χ1n) is 12.8. The number of methoxy groups -OCH3 is 1. The van der Waals surface area contributed by atoms with Gasteiger partial charge in [0.15, 0.2) is 5.78 Å². The first kappa shape index (κ1) is 24.2. The number of rotatable bonds is 8. The summed E-state index contributed by atoms with van der Waals surface area (Å²) in [6.45, 7) is 11.3. The highest BCUT2D eigenvalue weighted by atomic mass is 16.5. The van der Waals surface area contributed by atoms with Gasteiger partial charge in [0.05, 0.1) is 26.2 Å². The minimum atomic E-state index is 0.0641. The highest BCUT2D eigenvalue weighted by Gasteiger charge is 2.52. The maximum atomic E-state index is 13.3. The lowest BCUT2D eigenvalue weighted by molar-refractivity contribution is -0.113. The molecule has 3 aliphatic carbocycles. The number of hydrogen-bond donors (Lipinski definition) is 1. The van der Waals surface area contributed by atoms with Gasteiger partial charge in [-0.3, -0.25) is 9.80 Å². The number of fused-ring (bicyclic) bond motifs is 3. The van der Waals surface area contributed by atoms with E-state index in [0.717, 1.165) is 30.9 Å². The van der Waals surface area contributed by atoms with Crippen LogP contribution in [-0.2, 0) is 9.53 Å². The van der Waals surface area contributed by atoms with Crippen molar-refractivity contribution in [3.63, 3.8) is 0 Å². The van der Waals surface area contributed by atoms with Crippen LogP contribution in [0.5, 0.6) is 0 Å². The monoisotopic (exact) mass is 454 g/mol. The minimum absolute atomic E-state index is 0.0641. The van der Waals surface area contributed by atoms with E-state index >= 15 is 0 Å². The van der Waals surface area contributed by atoms with E-state index < -0.39 is 0 Å². The largest absolute Gasteiger partial charge is 0.481 e. The quantitative estimate of drug-likeness (QED) is 0.586. The van der Waals surface area contributed by atoms with Crippen LogP contribution in [0.25, 0.3) is 0 Å². The molecular formula is C27H42N4O2. The van der Waals surface area contributed by atoms with Crippen LogP contribution in [0.2, 0.25) is 0 Å². The van der Waals surface area contributed by atoms with Gasteiger partial charge in [0, 0.05) is 25.1 Å². The number of nitrogens with one attached hydrogen (secondary N) is 1. The zero-order chi connectivity index (χ0) is 23.6. The molecule has 2 aliphatic heterocycles. The Hall–Kier alpha value is -1.95. The van der Waals surface area contributed by atoms with Crippen molar-refractivity contribution in [3.05, 3.63) is 23.8 Å². The van der Waals surface area contributed by atoms with Gasteiger partial charge in [-0.15, -0.1) is 0 Å². The molecule has 4 atom stereocenters. The molecule has 1 unspecified atom stereocenters. The van der Waals surface area contributed by atoms with Crippen molar-refractivity contribution in [3.8, 4) is 0 Å². The molecule has 0 aromatic heterocycles. The van der Waals surface area contributed by atoms with E-state index in [4.69, 9.17) is 9.84 Å². The van der Waals surface area contributed by atoms with Gasteiger partial charge in [-0.25, -0.2) is 4.99 Å². The first-order chi connectivity index (χ1) is 15.8. The fourth-order valence-corrected chi connectivity index (χ4v) is 6.56. The molecule has 2 bridgehead atoms. The summed E-state index contributed by atoms with van der Waals surface area (Å²) in [5.74, 6) is 1.54. The molecule has 6 nitrogen and oxygen atoms in total. The van der Waals surface area contributed by atoms with Gasteiger partial charge >= 0.3 is 0 Å². The second kappa shape index (κ2) is 9.73. The van der Waals surface area contributed by atoms with Crippen molar-refractivity contribution >= 4 is 17.4 Å². The van der Waals surface area contributed by atoms with Crippen LogP contribution in [0.15, 0.2) is 33.9 Å². The number of unbranched alkanes of at least 4 members (excludes halogenated alkanes) is 1. The molecule has 0 radical (unpaired) electrons. The first-order valence-corrected chi connectivity index (χ1v) is 12.8. The number of aliphatic imine (C=N–C) groups is 1. The standard InChI is InChI=1S/C27H42N4O2/c1-6-7-13-31-22(19-9-8-12-28-25(14-19)33-5)16-21(30-31)23(32)17-29-24-15-20-10-11-27(24,4)18-26(20,2)3/h8-9,14,20,22,24,29H,6-7,10-13,15-18H2,1-5H3/t20-,22+,24+,27?/m1/s1. The number of ether oxygens (including phenoxy) is 1. The summed E-state index contributed by atoms with van der Waals surface area (Å²) in [5.41, 5.74) is 2.52. The number of Topliss-reactive ketones (excluding diaryl/α,β-unsaturated/α-hetero) is 1. The summed E-state index contributed by atoms with van der Waals surface area (Å²) < 4.78 is 5.41. The zero-order valence-corrected chi connectivity index (χ0v) is 21.2. The van der Waals surface area contributed by atoms with Gasteiger partial charge in [0.25, 0.3) is 0 Å². The molecule has 1 N–H and O–H groups in total. The maximum Gasteiger partial charge on any atom is 0.208 e. The fourth-order valence-electron chi connectivity index (χ4n) is 6.56. The third-order valence-corrected chi connectivity index (χ3v) is 8.50. The van der Waals surface area contributed by atoms with Gasteiger partial charge < -0.3 is 10.1 Å². The van der Waals surface area contributed by atoms with Gasteiger partial charge in [-0.05, 0) is 54.4 Å². The lowest BCUT2D eigenvalue weighted by atomic mass is 9.49. The molecule has 0 saturated heterocycles. The number of hydrazone groups is 1. The molecule has 0 aromatic carbocycles. The van der Waals surface area contributed by atoms with Crippen LogP contribution in [-0.4, -0.2) is 61.2 Å². The van der Waals surface area contributed by atoms with E-state index in [1.54, 1.807) is 7.11 Å². The Kier molecular flexibility index (Phi) is 7.13. The average molecular weight is 455 g/mol. The van der Waals surface area contributed by atoms with Gasteiger partial charge in [0.2, 0.25) is 5.90 Å². The summed E-state index contributed by atoms with van der Waals surface area (Å²) in [7, 11) is 1.65. The van der Waals surface area contributed by atoms with Crippen molar-refractivity contribution < 1.29 is 9.53 Å². The van der Waals surface area contributed by atoms with Crippen LogP contribution in [0.1, 0.15) is 72.6 Å². The third-order valence-electron chi connectivity index (χ3n) is 8.50. The summed E-state index contributed by atoms with van der Waals surface area (Å²) >= 11 is 0. The Labute approximate surface area is 199 Å². The van der Waals surface area contributed by atoms with E-state index in [1.165, 1.54) is 25.7 Å². The van der Waals surface area contributed by atoms with E-state index in [-0.39, 0.29) is 17.2 Å². The van der Waals surface area contributed by atoms with E-state index in [1.807, 2.05) is 6.08 Å². The number of nitrogens with zero attached hydrogens (tertiary/aromatic N) is 3.